The van der Waals surface area contributed by atoms with Gasteiger partial charge in [0.2, 0.25) is 0 Å². The summed E-state index contributed by atoms with van der Waals surface area (Å²) in [5.74, 6) is 0.443. The van der Waals surface area contributed by atoms with Crippen molar-refractivity contribution in [1.82, 2.24) is 0 Å². The van der Waals surface area contributed by atoms with Crippen LogP contribution in [0, 0.1) is 0 Å². The first-order valence-electron chi connectivity index (χ1n) is 7.93. The molecule has 136 valence electrons. The predicted octanol–water partition coefficient (Wildman–Crippen LogP) is 1.08. The Morgan fingerprint density at radius 3 is 2.46 bits per heavy atom. The van der Waals surface area contributed by atoms with E-state index in [0.717, 1.165) is 15.6 Å². The zero-order valence-corrected chi connectivity index (χ0v) is 17.4. The zero-order valence-electron chi connectivity index (χ0n) is 14.2. The Balaban J connectivity index is 0.00000243. The number of carbonyl (C=O) groups is 1. The number of pyridine rings is 1. The molecule has 0 atom stereocenters. The highest BCUT2D eigenvalue weighted by atomic mass is 79.9. The standard InChI is InChI=1S/C19H18N2O2S2.BrH/c1-2-23-18(22)17-15(20)16(21-11-7-4-8-12-21)19(25-17)24-13-14-9-5-3-6-10-14;/h3-12H,2,13H2,1H3,(H-,20,22);1H. The highest BCUT2D eigenvalue weighted by molar-refractivity contribution is 8.00. The molecule has 7 heteroatoms. The molecule has 0 aliphatic carbocycles. The molecule has 2 heterocycles. The number of thiophene rings is 1. The summed E-state index contributed by atoms with van der Waals surface area (Å²) >= 11 is 3.07. The fourth-order valence-corrected chi connectivity index (χ4v) is 4.73. The molecule has 3 rings (SSSR count). The molecule has 0 fully saturated rings. The van der Waals surface area contributed by atoms with Gasteiger partial charge < -0.3 is 27.5 Å². The minimum absolute atomic E-state index is 0. The van der Waals surface area contributed by atoms with E-state index in [1.165, 1.54) is 16.9 Å². The van der Waals surface area contributed by atoms with Crippen LogP contribution in [0.4, 0.5) is 5.69 Å². The third-order valence-corrected chi connectivity index (χ3v) is 6.04. The van der Waals surface area contributed by atoms with E-state index in [0.29, 0.717) is 17.2 Å². The Bertz CT molecular complexity index is 855. The molecule has 2 aromatic heterocycles. The number of halogens is 1. The smallest absolute Gasteiger partial charge is 0.350 e. The first kappa shape index (κ1) is 20.5. The van der Waals surface area contributed by atoms with Crippen molar-refractivity contribution in [2.75, 3.05) is 12.3 Å². The van der Waals surface area contributed by atoms with Crippen LogP contribution in [0.1, 0.15) is 22.2 Å². The van der Waals surface area contributed by atoms with E-state index in [9.17, 15) is 4.79 Å². The van der Waals surface area contributed by atoms with Gasteiger partial charge in [-0.25, -0.2) is 4.79 Å². The van der Waals surface area contributed by atoms with Crippen LogP contribution in [0.15, 0.2) is 65.1 Å². The fourth-order valence-electron chi connectivity index (χ4n) is 2.37. The van der Waals surface area contributed by atoms with Gasteiger partial charge in [0.05, 0.1) is 6.61 Å². The van der Waals surface area contributed by atoms with Crippen molar-refractivity contribution >= 4 is 34.8 Å². The van der Waals surface area contributed by atoms with E-state index < -0.39 is 0 Å². The van der Waals surface area contributed by atoms with Crippen LogP contribution in [0.5, 0.6) is 0 Å². The highest BCUT2D eigenvalue weighted by Crippen LogP contribution is 2.40. The van der Waals surface area contributed by atoms with Gasteiger partial charge in [-0.15, -0.1) is 23.1 Å². The summed E-state index contributed by atoms with van der Waals surface area (Å²) in [7, 11) is 0. The number of ether oxygens (including phenoxy) is 1. The van der Waals surface area contributed by atoms with Gasteiger partial charge in [-0.2, -0.15) is 4.57 Å². The van der Waals surface area contributed by atoms with Crippen LogP contribution in [-0.2, 0) is 10.5 Å². The zero-order chi connectivity index (χ0) is 17.6. The van der Waals surface area contributed by atoms with Crippen LogP contribution in [-0.4, -0.2) is 12.6 Å². The van der Waals surface area contributed by atoms with E-state index in [1.54, 1.807) is 18.7 Å². The number of aromatic nitrogens is 1. The molecule has 0 unspecified atom stereocenters. The summed E-state index contributed by atoms with van der Waals surface area (Å²) in [5.41, 5.74) is 8.85. The maximum absolute atomic E-state index is 12.2. The lowest BCUT2D eigenvalue weighted by Crippen LogP contribution is -3.00. The topological polar surface area (TPSA) is 56.2 Å². The van der Waals surface area contributed by atoms with Crippen molar-refractivity contribution in [1.29, 1.82) is 0 Å². The third kappa shape index (κ3) is 4.66. The summed E-state index contributed by atoms with van der Waals surface area (Å²) in [6.07, 6.45) is 3.86. The molecule has 0 aliphatic rings. The highest BCUT2D eigenvalue weighted by Gasteiger charge is 2.28. The number of nitrogens with zero attached hydrogens (tertiary/aromatic N) is 1. The maximum atomic E-state index is 12.2. The number of benzene rings is 1. The van der Waals surface area contributed by atoms with Crippen molar-refractivity contribution in [3.8, 4) is 5.69 Å². The van der Waals surface area contributed by atoms with Crippen LogP contribution < -0.4 is 27.3 Å². The molecule has 1 aromatic carbocycles. The molecule has 0 spiro atoms. The molecule has 0 saturated heterocycles. The Morgan fingerprint density at radius 1 is 1.15 bits per heavy atom. The number of nitrogens with two attached hydrogens (primary N) is 1. The van der Waals surface area contributed by atoms with E-state index >= 15 is 0 Å². The predicted molar refractivity (Wildman–Crippen MR) is 102 cm³/mol. The number of thioether (sulfide) groups is 1. The average Bonchev–Trinajstić information content (AvgIpc) is 2.98. The molecule has 0 amide bonds. The molecule has 3 aromatic rings. The van der Waals surface area contributed by atoms with Gasteiger partial charge in [-0.05, 0) is 12.5 Å². The van der Waals surface area contributed by atoms with Gasteiger partial charge in [-0.3, -0.25) is 0 Å². The average molecular weight is 451 g/mol. The molecule has 0 radical (unpaired) electrons. The summed E-state index contributed by atoms with van der Waals surface area (Å²) in [5, 5.41) is 0. The first-order chi connectivity index (χ1) is 12.2. The van der Waals surface area contributed by atoms with Crippen molar-refractivity contribution in [2.24, 2.45) is 0 Å². The third-order valence-electron chi connectivity index (χ3n) is 3.54. The quantitative estimate of drug-likeness (QED) is 0.346. The molecule has 0 bridgehead atoms. The Morgan fingerprint density at radius 2 is 1.81 bits per heavy atom. The molecular formula is C19H19BrN2O2S2. The number of hydrogen-bond donors (Lipinski definition) is 1. The van der Waals surface area contributed by atoms with Crippen molar-refractivity contribution in [3.05, 3.63) is 71.4 Å². The fraction of sp³-hybridized carbons (Fsp3) is 0.158. The molecule has 0 aliphatic heterocycles. The molecule has 0 saturated carbocycles. The van der Waals surface area contributed by atoms with Crippen LogP contribution in [0.3, 0.4) is 0 Å². The summed E-state index contributed by atoms with van der Waals surface area (Å²) in [6.45, 7) is 2.12. The van der Waals surface area contributed by atoms with Gasteiger partial charge in [0.15, 0.2) is 12.4 Å². The first-order valence-corrected chi connectivity index (χ1v) is 9.73. The van der Waals surface area contributed by atoms with Crippen molar-refractivity contribution < 1.29 is 31.1 Å². The number of rotatable bonds is 6. The lowest BCUT2D eigenvalue weighted by molar-refractivity contribution is -0.596. The van der Waals surface area contributed by atoms with E-state index in [-0.39, 0.29) is 23.0 Å². The minimum Gasteiger partial charge on any atom is -1.00 e. The Labute approximate surface area is 171 Å². The largest absolute Gasteiger partial charge is 1.00 e. The van der Waals surface area contributed by atoms with E-state index in [2.05, 4.69) is 12.1 Å². The molecule has 4 nitrogen and oxygen atoms in total. The maximum Gasteiger partial charge on any atom is 0.350 e. The molecule has 26 heavy (non-hydrogen) atoms. The SMILES string of the molecule is CCOC(=O)c1sc(SCc2ccccc2)c(-[n+]2ccccc2)c1N.[Br-]. The normalized spacial score (nSPS) is 10.2. The van der Waals surface area contributed by atoms with Crippen LogP contribution >= 0.6 is 23.1 Å². The van der Waals surface area contributed by atoms with Crippen molar-refractivity contribution in [2.45, 2.75) is 16.9 Å². The second-order valence-electron chi connectivity index (χ2n) is 5.26. The number of carbonyl (C=O) groups excluding carboxylic acids is 1. The molecular weight excluding hydrogens is 432 g/mol. The van der Waals surface area contributed by atoms with Crippen LogP contribution in [0.25, 0.3) is 5.69 Å². The lowest BCUT2D eigenvalue weighted by Gasteiger charge is -2.01. The summed E-state index contributed by atoms with van der Waals surface area (Å²) in [4.78, 5) is 12.7. The van der Waals surface area contributed by atoms with Crippen molar-refractivity contribution in [3.63, 3.8) is 0 Å². The number of hydrogen-bond acceptors (Lipinski definition) is 5. The van der Waals surface area contributed by atoms with E-state index in [1.807, 2.05) is 53.4 Å². The minimum atomic E-state index is -0.366. The Kier molecular flexibility index (Phi) is 7.68. The number of esters is 1. The second-order valence-corrected chi connectivity index (χ2v) is 7.52. The Hall–Kier alpha value is -1.83. The number of nitrogen functional groups attached to an aromatic ring is 1. The number of anilines is 1. The van der Waals surface area contributed by atoms with Gasteiger partial charge >= 0.3 is 5.97 Å². The van der Waals surface area contributed by atoms with E-state index in [4.69, 9.17) is 10.5 Å². The monoisotopic (exact) mass is 450 g/mol. The second kappa shape index (κ2) is 9.75. The van der Waals surface area contributed by atoms with Gasteiger partial charge in [0.25, 0.3) is 5.69 Å². The lowest BCUT2D eigenvalue weighted by atomic mass is 10.2. The van der Waals surface area contributed by atoms with Gasteiger partial charge in [0.1, 0.15) is 14.8 Å². The molecule has 2 N–H and O–H groups in total. The van der Waals surface area contributed by atoms with Gasteiger partial charge in [0, 0.05) is 17.9 Å². The summed E-state index contributed by atoms with van der Waals surface area (Å²) < 4.78 is 8.10. The van der Waals surface area contributed by atoms with Crippen LogP contribution in [0.2, 0.25) is 0 Å². The van der Waals surface area contributed by atoms with Gasteiger partial charge in [-0.1, -0.05) is 36.4 Å². The summed E-state index contributed by atoms with van der Waals surface area (Å²) in [6, 6.07) is 16.0.